The summed E-state index contributed by atoms with van der Waals surface area (Å²) in [6.07, 6.45) is 2.60. The van der Waals surface area contributed by atoms with Crippen molar-refractivity contribution in [1.29, 1.82) is 0 Å². The number of carbonyl (C=O) groups is 2. The molecule has 3 aromatic rings. The lowest BCUT2D eigenvalue weighted by Gasteiger charge is -2.20. The maximum absolute atomic E-state index is 12.7. The van der Waals surface area contributed by atoms with E-state index in [2.05, 4.69) is 5.32 Å². The van der Waals surface area contributed by atoms with Gasteiger partial charge in [-0.15, -0.1) is 0 Å². The van der Waals surface area contributed by atoms with Crippen LogP contribution in [0, 0.1) is 0 Å². The minimum absolute atomic E-state index is 0.202. The lowest BCUT2D eigenvalue weighted by molar-refractivity contribution is -0.131. The molecule has 28 heavy (non-hydrogen) atoms. The number of carbonyl (C=O) groups excluding carboxylic acids is 1. The van der Waals surface area contributed by atoms with Gasteiger partial charge >= 0.3 is 5.97 Å². The summed E-state index contributed by atoms with van der Waals surface area (Å²) in [6.45, 7) is 0. The normalized spacial score (nSPS) is 11.9. The van der Waals surface area contributed by atoms with E-state index in [-0.39, 0.29) is 5.91 Å². The van der Waals surface area contributed by atoms with E-state index < -0.39 is 12.0 Å². The third kappa shape index (κ3) is 5.09. The first-order valence-corrected chi connectivity index (χ1v) is 9.03. The lowest BCUT2D eigenvalue weighted by Crippen LogP contribution is -2.29. The SMILES string of the molecule is O=C(O)/C=C/c1cccc(C(NC(=O)c2ccccc2)c2ccc(Cl)cc2)c1. The van der Waals surface area contributed by atoms with Gasteiger partial charge in [-0.25, -0.2) is 4.79 Å². The number of aliphatic carboxylic acids is 1. The van der Waals surface area contributed by atoms with Gasteiger partial charge in [0.2, 0.25) is 0 Å². The first kappa shape index (κ1) is 19.4. The Labute approximate surface area is 168 Å². The molecule has 140 valence electrons. The van der Waals surface area contributed by atoms with Gasteiger partial charge in [-0.1, -0.05) is 60.1 Å². The standard InChI is InChI=1S/C23H18ClNO3/c24-20-12-10-17(11-13-20)22(25-23(28)18-6-2-1-3-7-18)19-8-4-5-16(15-19)9-14-21(26)27/h1-15,22H,(H,25,28)(H,26,27)/b14-9+. The Bertz CT molecular complexity index is 998. The summed E-state index contributed by atoms with van der Waals surface area (Å²) in [5.41, 5.74) is 2.99. The topological polar surface area (TPSA) is 66.4 Å². The number of hydrogen-bond donors (Lipinski definition) is 2. The quantitative estimate of drug-likeness (QED) is 0.584. The number of benzene rings is 3. The number of halogens is 1. The highest BCUT2D eigenvalue weighted by Crippen LogP contribution is 2.25. The van der Waals surface area contributed by atoms with Crippen molar-refractivity contribution in [3.63, 3.8) is 0 Å². The van der Waals surface area contributed by atoms with Crippen LogP contribution in [0.15, 0.2) is 84.9 Å². The number of hydrogen-bond acceptors (Lipinski definition) is 2. The summed E-state index contributed by atoms with van der Waals surface area (Å²) in [5, 5.41) is 12.5. The van der Waals surface area contributed by atoms with Gasteiger partial charge in [0.25, 0.3) is 5.91 Å². The highest BCUT2D eigenvalue weighted by molar-refractivity contribution is 6.30. The van der Waals surface area contributed by atoms with E-state index in [1.807, 2.05) is 48.5 Å². The van der Waals surface area contributed by atoms with Crippen LogP contribution in [-0.2, 0) is 4.79 Å². The van der Waals surface area contributed by atoms with Gasteiger partial charge in [-0.05, 0) is 53.1 Å². The van der Waals surface area contributed by atoms with E-state index in [1.165, 1.54) is 6.08 Å². The molecular weight excluding hydrogens is 374 g/mol. The molecule has 0 saturated carbocycles. The predicted molar refractivity (Wildman–Crippen MR) is 110 cm³/mol. The summed E-state index contributed by atoms with van der Waals surface area (Å²) in [4.78, 5) is 23.5. The van der Waals surface area contributed by atoms with Gasteiger partial charge in [0.15, 0.2) is 0 Å². The first-order chi connectivity index (χ1) is 13.5. The lowest BCUT2D eigenvalue weighted by atomic mass is 9.96. The number of carboxylic acids is 1. The van der Waals surface area contributed by atoms with Crippen LogP contribution in [0.1, 0.15) is 33.1 Å². The average molecular weight is 392 g/mol. The van der Waals surface area contributed by atoms with Crippen molar-refractivity contribution in [3.05, 3.63) is 112 Å². The molecule has 0 aliphatic heterocycles. The van der Waals surface area contributed by atoms with E-state index in [0.717, 1.165) is 22.8 Å². The van der Waals surface area contributed by atoms with Crippen LogP contribution < -0.4 is 5.32 Å². The number of amides is 1. The zero-order valence-corrected chi connectivity index (χ0v) is 15.6. The first-order valence-electron chi connectivity index (χ1n) is 8.65. The molecule has 1 amide bonds. The highest BCUT2D eigenvalue weighted by atomic mass is 35.5. The second-order valence-electron chi connectivity index (χ2n) is 6.17. The molecule has 0 bridgehead atoms. The number of carboxylic acid groups (broad SMARTS) is 1. The Morgan fingerprint density at radius 1 is 0.893 bits per heavy atom. The van der Waals surface area contributed by atoms with Crippen LogP contribution in [0.25, 0.3) is 6.08 Å². The molecule has 3 rings (SSSR count). The monoisotopic (exact) mass is 391 g/mol. The minimum atomic E-state index is -1.02. The second-order valence-corrected chi connectivity index (χ2v) is 6.60. The van der Waals surface area contributed by atoms with Gasteiger partial charge in [0, 0.05) is 16.7 Å². The molecule has 1 unspecified atom stereocenters. The van der Waals surface area contributed by atoms with Crippen molar-refractivity contribution in [2.75, 3.05) is 0 Å². The van der Waals surface area contributed by atoms with Crippen LogP contribution in [0.3, 0.4) is 0 Å². The molecule has 4 nitrogen and oxygen atoms in total. The van der Waals surface area contributed by atoms with Crippen LogP contribution in [0.4, 0.5) is 0 Å². The zero-order chi connectivity index (χ0) is 19.9. The van der Waals surface area contributed by atoms with E-state index in [1.54, 1.807) is 30.3 Å². The fourth-order valence-corrected chi connectivity index (χ4v) is 2.95. The molecule has 0 fully saturated rings. The molecule has 0 saturated heterocycles. The van der Waals surface area contributed by atoms with E-state index in [4.69, 9.17) is 16.7 Å². The molecule has 1 atom stereocenters. The van der Waals surface area contributed by atoms with Crippen LogP contribution >= 0.6 is 11.6 Å². The van der Waals surface area contributed by atoms with Crippen LogP contribution in [0.2, 0.25) is 5.02 Å². The van der Waals surface area contributed by atoms with Crippen LogP contribution in [-0.4, -0.2) is 17.0 Å². The molecule has 5 heteroatoms. The molecule has 0 heterocycles. The maximum atomic E-state index is 12.7. The molecule has 2 N–H and O–H groups in total. The Morgan fingerprint density at radius 3 is 2.29 bits per heavy atom. The summed E-state index contributed by atoms with van der Waals surface area (Å²) in [5.74, 6) is -1.22. The van der Waals surface area contributed by atoms with Gasteiger partial charge < -0.3 is 10.4 Å². The fraction of sp³-hybridized carbons (Fsp3) is 0.0435. The maximum Gasteiger partial charge on any atom is 0.328 e. The summed E-state index contributed by atoms with van der Waals surface area (Å²) < 4.78 is 0. The molecule has 0 aliphatic rings. The van der Waals surface area contributed by atoms with Crippen molar-refractivity contribution in [3.8, 4) is 0 Å². The molecule has 0 radical (unpaired) electrons. The van der Waals surface area contributed by atoms with Gasteiger partial charge in [0.05, 0.1) is 6.04 Å². The van der Waals surface area contributed by atoms with E-state index in [9.17, 15) is 9.59 Å². The number of nitrogens with one attached hydrogen (secondary N) is 1. The van der Waals surface area contributed by atoms with Crippen molar-refractivity contribution in [2.45, 2.75) is 6.04 Å². The Morgan fingerprint density at radius 2 is 1.61 bits per heavy atom. The third-order valence-corrected chi connectivity index (χ3v) is 4.43. The van der Waals surface area contributed by atoms with Crippen molar-refractivity contribution < 1.29 is 14.7 Å². The molecule has 0 aliphatic carbocycles. The van der Waals surface area contributed by atoms with Crippen molar-refractivity contribution in [2.24, 2.45) is 0 Å². The highest BCUT2D eigenvalue weighted by Gasteiger charge is 2.18. The van der Waals surface area contributed by atoms with Gasteiger partial charge in [-0.2, -0.15) is 0 Å². The summed E-state index contributed by atoms with van der Waals surface area (Å²) >= 11 is 6.01. The van der Waals surface area contributed by atoms with Crippen molar-refractivity contribution >= 4 is 29.6 Å². The molecule has 0 aromatic heterocycles. The molecule has 3 aromatic carbocycles. The Hall–Kier alpha value is -3.37. The van der Waals surface area contributed by atoms with Gasteiger partial charge in [0.1, 0.15) is 0 Å². The number of rotatable bonds is 6. The van der Waals surface area contributed by atoms with E-state index >= 15 is 0 Å². The Kier molecular flexibility index (Phi) is 6.25. The van der Waals surface area contributed by atoms with Crippen LogP contribution in [0.5, 0.6) is 0 Å². The largest absolute Gasteiger partial charge is 0.478 e. The predicted octanol–water partition coefficient (Wildman–Crippen LogP) is 4.96. The molecular formula is C23H18ClNO3. The smallest absolute Gasteiger partial charge is 0.328 e. The fourth-order valence-electron chi connectivity index (χ4n) is 2.83. The van der Waals surface area contributed by atoms with Crippen molar-refractivity contribution in [1.82, 2.24) is 5.32 Å². The Balaban J connectivity index is 1.97. The second kappa shape index (κ2) is 9.02. The average Bonchev–Trinajstić information content (AvgIpc) is 2.72. The van der Waals surface area contributed by atoms with E-state index in [0.29, 0.717) is 10.6 Å². The minimum Gasteiger partial charge on any atom is -0.478 e. The summed E-state index contributed by atoms with van der Waals surface area (Å²) in [6, 6.07) is 23.2. The summed E-state index contributed by atoms with van der Waals surface area (Å²) in [7, 11) is 0. The molecule has 0 spiro atoms. The zero-order valence-electron chi connectivity index (χ0n) is 14.9. The van der Waals surface area contributed by atoms with Gasteiger partial charge in [-0.3, -0.25) is 4.79 Å². The third-order valence-electron chi connectivity index (χ3n) is 4.18.